The third kappa shape index (κ3) is 5.49. The normalized spacial score (nSPS) is 11.2. The Labute approximate surface area is 118 Å². The van der Waals surface area contributed by atoms with E-state index in [9.17, 15) is 9.90 Å². The van der Waals surface area contributed by atoms with Gasteiger partial charge in [0.25, 0.3) is 5.91 Å². The minimum Gasteiger partial charge on any atom is -0.484 e. The lowest BCUT2D eigenvalue weighted by Crippen LogP contribution is -2.43. The molecule has 5 heteroatoms. The van der Waals surface area contributed by atoms with E-state index >= 15 is 0 Å². The van der Waals surface area contributed by atoms with Crippen LogP contribution in [0, 0.1) is 0 Å². The number of nitrogens with one attached hydrogen (secondary N) is 1. The summed E-state index contributed by atoms with van der Waals surface area (Å²) < 4.78 is 5.30. The number of benzene rings is 1. The van der Waals surface area contributed by atoms with Crippen LogP contribution in [0.4, 0.5) is 0 Å². The molecule has 0 spiro atoms. The first-order valence-corrected chi connectivity index (χ1v) is 6.74. The summed E-state index contributed by atoms with van der Waals surface area (Å²) in [6.07, 6.45) is 1.20. The van der Waals surface area contributed by atoms with Crippen molar-refractivity contribution in [2.75, 3.05) is 13.2 Å². The van der Waals surface area contributed by atoms with Gasteiger partial charge in [0.1, 0.15) is 5.75 Å². The van der Waals surface area contributed by atoms with Gasteiger partial charge in [-0.05, 0) is 37.1 Å². The Balaban J connectivity index is 2.34. The summed E-state index contributed by atoms with van der Waals surface area (Å²) in [6, 6.07) is 6.79. The number of carbonyl (C=O) groups is 1. The Morgan fingerprint density at radius 1 is 1.32 bits per heavy atom. The van der Waals surface area contributed by atoms with E-state index in [1.807, 2.05) is 13.8 Å². The third-order valence-electron chi connectivity index (χ3n) is 3.11. The molecule has 0 atom stereocenters. The van der Waals surface area contributed by atoms with Crippen LogP contribution in [-0.4, -0.2) is 29.8 Å². The Morgan fingerprint density at radius 2 is 1.89 bits per heavy atom. The van der Waals surface area contributed by atoms with Gasteiger partial charge in [-0.15, -0.1) is 0 Å². The van der Waals surface area contributed by atoms with Gasteiger partial charge in [0.15, 0.2) is 6.61 Å². The molecule has 0 fully saturated rings. The molecule has 1 aromatic carbocycles. The first-order chi connectivity index (χ1) is 8.99. The molecule has 19 heavy (non-hydrogen) atoms. The van der Waals surface area contributed by atoms with Gasteiger partial charge < -0.3 is 15.2 Å². The summed E-state index contributed by atoms with van der Waals surface area (Å²) >= 11 is 5.74. The molecular formula is C14H20ClNO3. The Kier molecular flexibility index (Phi) is 6.12. The molecule has 0 saturated heterocycles. The van der Waals surface area contributed by atoms with E-state index in [0.29, 0.717) is 23.6 Å². The molecule has 1 rings (SSSR count). The third-order valence-corrected chi connectivity index (χ3v) is 3.37. The second kappa shape index (κ2) is 7.36. The predicted octanol–water partition coefficient (Wildman–Crippen LogP) is 2.39. The van der Waals surface area contributed by atoms with Crippen molar-refractivity contribution in [2.24, 2.45) is 0 Å². The molecule has 106 valence electrons. The number of amides is 1. The van der Waals surface area contributed by atoms with E-state index in [2.05, 4.69) is 5.32 Å². The lowest BCUT2D eigenvalue weighted by atomic mass is 9.98. The molecule has 1 aromatic rings. The molecule has 0 aliphatic carbocycles. The fraction of sp³-hybridized carbons (Fsp3) is 0.500. The molecule has 0 bridgehead atoms. The Bertz CT molecular complexity index is 402. The molecule has 4 nitrogen and oxygen atoms in total. The molecule has 0 aliphatic rings. The van der Waals surface area contributed by atoms with Crippen LogP contribution in [0.2, 0.25) is 5.02 Å². The van der Waals surface area contributed by atoms with Crippen molar-refractivity contribution in [3.05, 3.63) is 29.3 Å². The number of hydrogen-bond acceptors (Lipinski definition) is 3. The molecule has 0 saturated carbocycles. The van der Waals surface area contributed by atoms with Crippen molar-refractivity contribution in [1.82, 2.24) is 5.32 Å². The van der Waals surface area contributed by atoms with Gasteiger partial charge in [-0.3, -0.25) is 4.79 Å². The fourth-order valence-electron chi connectivity index (χ4n) is 1.49. The van der Waals surface area contributed by atoms with Crippen LogP contribution in [0.1, 0.15) is 26.7 Å². The first-order valence-electron chi connectivity index (χ1n) is 6.36. The highest BCUT2D eigenvalue weighted by molar-refractivity contribution is 6.30. The number of aliphatic hydroxyl groups is 1. The summed E-state index contributed by atoms with van der Waals surface area (Å²) in [5.74, 6) is 0.330. The molecule has 2 N–H and O–H groups in total. The van der Waals surface area contributed by atoms with Gasteiger partial charge in [-0.2, -0.15) is 0 Å². The summed E-state index contributed by atoms with van der Waals surface area (Å²) in [4.78, 5) is 11.6. The maximum Gasteiger partial charge on any atom is 0.258 e. The van der Waals surface area contributed by atoms with Gasteiger partial charge in [0.05, 0.1) is 5.60 Å². The van der Waals surface area contributed by atoms with Crippen LogP contribution in [0.5, 0.6) is 5.75 Å². The molecule has 0 heterocycles. The molecule has 1 amide bonds. The SMILES string of the molecule is CCC(O)(CC)CNC(=O)COc1ccc(Cl)cc1. The minimum atomic E-state index is -0.837. The highest BCUT2D eigenvalue weighted by Gasteiger charge is 2.22. The van der Waals surface area contributed by atoms with Crippen molar-refractivity contribution in [1.29, 1.82) is 0 Å². The van der Waals surface area contributed by atoms with Crippen molar-refractivity contribution >= 4 is 17.5 Å². The zero-order chi connectivity index (χ0) is 14.3. The van der Waals surface area contributed by atoms with Crippen molar-refractivity contribution in [3.63, 3.8) is 0 Å². The van der Waals surface area contributed by atoms with Crippen LogP contribution in [0.3, 0.4) is 0 Å². The number of rotatable bonds is 7. The largest absolute Gasteiger partial charge is 0.484 e. The molecular weight excluding hydrogens is 266 g/mol. The highest BCUT2D eigenvalue weighted by Crippen LogP contribution is 2.15. The molecule has 0 radical (unpaired) electrons. The zero-order valence-corrected chi connectivity index (χ0v) is 12.0. The zero-order valence-electron chi connectivity index (χ0n) is 11.3. The second-order valence-electron chi connectivity index (χ2n) is 4.45. The van der Waals surface area contributed by atoms with Crippen LogP contribution < -0.4 is 10.1 Å². The number of halogens is 1. The number of hydrogen-bond donors (Lipinski definition) is 2. The number of carbonyl (C=O) groups excluding carboxylic acids is 1. The molecule has 0 aliphatic heterocycles. The average molecular weight is 286 g/mol. The second-order valence-corrected chi connectivity index (χ2v) is 4.89. The van der Waals surface area contributed by atoms with Crippen molar-refractivity contribution < 1.29 is 14.6 Å². The van der Waals surface area contributed by atoms with Crippen molar-refractivity contribution in [2.45, 2.75) is 32.3 Å². The summed E-state index contributed by atoms with van der Waals surface area (Å²) in [7, 11) is 0. The van der Waals surface area contributed by atoms with Gasteiger partial charge >= 0.3 is 0 Å². The van der Waals surface area contributed by atoms with Gasteiger partial charge in [-0.25, -0.2) is 0 Å². The van der Waals surface area contributed by atoms with E-state index in [4.69, 9.17) is 16.3 Å². The average Bonchev–Trinajstić information content (AvgIpc) is 2.44. The fourth-order valence-corrected chi connectivity index (χ4v) is 1.62. The monoisotopic (exact) mass is 285 g/mol. The number of ether oxygens (including phenoxy) is 1. The topological polar surface area (TPSA) is 58.6 Å². The van der Waals surface area contributed by atoms with Crippen molar-refractivity contribution in [3.8, 4) is 5.75 Å². The quantitative estimate of drug-likeness (QED) is 0.809. The van der Waals surface area contributed by atoms with Gasteiger partial charge in [0.2, 0.25) is 0 Å². The van der Waals surface area contributed by atoms with E-state index < -0.39 is 5.60 Å². The summed E-state index contributed by atoms with van der Waals surface area (Å²) in [5, 5.41) is 13.3. The van der Waals surface area contributed by atoms with Crippen LogP contribution in [0.15, 0.2) is 24.3 Å². The van der Waals surface area contributed by atoms with Crippen LogP contribution >= 0.6 is 11.6 Å². The Hall–Kier alpha value is -1.26. The minimum absolute atomic E-state index is 0.0782. The van der Waals surface area contributed by atoms with Gasteiger partial charge in [0, 0.05) is 11.6 Å². The van der Waals surface area contributed by atoms with E-state index in [-0.39, 0.29) is 19.1 Å². The van der Waals surface area contributed by atoms with Gasteiger partial charge in [-0.1, -0.05) is 25.4 Å². The van der Waals surface area contributed by atoms with E-state index in [1.165, 1.54) is 0 Å². The predicted molar refractivity (Wildman–Crippen MR) is 75.5 cm³/mol. The lowest BCUT2D eigenvalue weighted by Gasteiger charge is -2.25. The lowest BCUT2D eigenvalue weighted by molar-refractivity contribution is -0.124. The van der Waals surface area contributed by atoms with E-state index in [0.717, 1.165) is 0 Å². The van der Waals surface area contributed by atoms with Crippen LogP contribution in [-0.2, 0) is 4.79 Å². The maximum atomic E-state index is 11.6. The first kappa shape index (κ1) is 15.8. The molecule has 0 unspecified atom stereocenters. The highest BCUT2D eigenvalue weighted by atomic mass is 35.5. The summed E-state index contributed by atoms with van der Waals surface area (Å²) in [6.45, 7) is 3.94. The smallest absolute Gasteiger partial charge is 0.258 e. The van der Waals surface area contributed by atoms with E-state index in [1.54, 1.807) is 24.3 Å². The molecule has 0 aromatic heterocycles. The van der Waals surface area contributed by atoms with Crippen LogP contribution in [0.25, 0.3) is 0 Å². The Morgan fingerprint density at radius 3 is 2.42 bits per heavy atom. The standard InChI is InChI=1S/C14H20ClNO3/c1-3-14(18,4-2)10-16-13(17)9-19-12-7-5-11(15)6-8-12/h5-8,18H,3-4,9-10H2,1-2H3,(H,16,17). The maximum absolute atomic E-state index is 11.6. The summed E-state index contributed by atoms with van der Waals surface area (Å²) in [5.41, 5.74) is -0.837.